The average Bonchev–Trinajstić information content (AvgIpc) is 3.66. The molecule has 0 bridgehead atoms. The van der Waals surface area contributed by atoms with Gasteiger partial charge in [0.25, 0.3) is 11.7 Å². The number of ketones is 1. The highest BCUT2D eigenvalue weighted by molar-refractivity contribution is 6.46. The van der Waals surface area contributed by atoms with Gasteiger partial charge in [-0.3, -0.25) is 14.6 Å². The SMILES string of the molecule is COc1cc(C2C(=C(O)c3ccc4c(c3)OCCO4)C(=O)C(=O)N2CCC[n+]2cc[nH]c2)ccc1OCc1ccccc1. The molecule has 3 heterocycles. The van der Waals surface area contributed by atoms with E-state index in [1.807, 2.05) is 53.6 Å². The van der Waals surface area contributed by atoms with Crippen molar-refractivity contribution in [3.63, 3.8) is 0 Å². The number of fused-ring (bicyclic) bond motifs is 1. The smallest absolute Gasteiger partial charge is 0.295 e. The molecule has 1 unspecified atom stereocenters. The summed E-state index contributed by atoms with van der Waals surface area (Å²) in [5.41, 5.74) is 1.96. The monoisotopic (exact) mass is 582 g/mol. The largest absolute Gasteiger partial charge is 0.507 e. The zero-order valence-electron chi connectivity index (χ0n) is 23.7. The number of hydrogen-bond acceptors (Lipinski definition) is 7. The number of ether oxygens (including phenoxy) is 4. The first-order valence-electron chi connectivity index (χ1n) is 14.1. The molecule has 1 amide bonds. The minimum Gasteiger partial charge on any atom is -0.507 e. The van der Waals surface area contributed by atoms with Crippen molar-refractivity contribution in [1.29, 1.82) is 0 Å². The second-order valence-electron chi connectivity index (χ2n) is 10.2. The fourth-order valence-electron chi connectivity index (χ4n) is 5.40. The minimum absolute atomic E-state index is 0.00372. The molecule has 1 saturated heterocycles. The van der Waals surface area contributed by atoms with Crippen LogP contribution in [0.3, 0.4) is 0 Å². The number of carbonyl (C=O) groups is 2. The average molecular weight is 583 g/mol. The van der Waals surface area contributed by atoms with E-state index in [1.54, 1.807) is 36.4 Å². The number of imidazole rings is 1. The normalized spacial score (nSPS) is 17.2. The van der Waals surface area contributed by atoms with Gasteiger partial charge in [-0.2, -0.15) is 0 Å². The maximum Gasteiger partial charge on any atom is 0.295 e. The number of H-pyrrole nitrogens is 1. The van der Waals surface area contributed by atoms with Crippen LogP contribution in [0.1, 0.15) is 29.2 Å². The van der Waals surface area contributed by atoms with E-state index in [2.05, 4.69) is 4.98 Å². The Morgan fingerprint density at radius 3 is 2.60 bits per heavy atom. The Bertz CT molecular complexity index is 1650. The molecule has 10 nitrogen and oxygen atoms in total. The van der Waals surface area contributed by atoms with Gasteiger partial charge in [-0.1, -0.05) is 36.4 Å². The number of nitrogens with one attached hydrogen (secondary N) is 1. The van der Waals surface area contributed by atoms with E-state index >= 15 is 0 Å². The molecule has 2 aliphatic rings. The fraction of sp³-hybridized carbons (Fsp3) is 0.242. The molecule has 1 aromatic heterocycles. The number of rotatable bonds is 10. The zero-order chi connectivity index (χ0) is 29.8. The maximum absolute atomic E-state index is 13.5. The summed E-state index contributed by atoms with van der Waals surface area (Å²) in [6.07, 6.45) is 6.12. The van der Waals surface area contributed by atoms with Crippen LogP contribution in [0.4, 0.5) is 0 Å². The zero-order valence-corrected chi connectivity index (χ0v) is 23.7. The highest BCUT2D eigenvalue weighted by Crippen LogP contribution is 2.43. The van der Waals surface area contributed by atoms with Gasteiger partial charge in [0, 0.05) is 18.5 Å². The quantitative estimate of drug-likeness (QED) is 0.125. The summed E-state index contributed by atoms with van der Waals surface area (Å²) in [5, 5.41) is 11.5. The van der Waals surface area contributed by atoms with Crippen LogP contribution in [0.15, 0.2) is 91.0 Å². The highest BCUT2D eigenvalue weighted by atomic mass is 16.6. The molecule has 6 rings (SSSR count). The number of aliphatic hydroxyl groups is 1. The van der Waals surface area contributed by atoms with Crippen molar-refractivity contribution in [1.82, 2.24) is 9.88 Å². The third kappa shape index (κ3) is 5.76. The third-order valence-corrected chi connectivity index (χ3v) is 7.51. The lowest BCUT2D eigenvalue weighted by Gasteiger charge is -2.26. The summed E-state index contributed by atoms with van der Waals surface area (Å²) in [6, 6.07) is 19.2. The van der Waals surface area contributed by atoms with Crippen LogP contribution < -0.4 is 23.5 Å². The van der Waals surface area contributed by atoms with E-state index in [0.717, 1.165) is 5.56 Å². The van der Waals surface area contributed by atoms with Gasteiger partial charge in [0.1, 0.15) is 38.0 Å². The van der Waals surface area contributed by atoms with Gasteiger partial charge in [0.2, 0.25) is 6.33 Å². The van der Waals surface area contributed by atoms with Gasteiger partial charge in [0.15, 0.2) is 23.0 Å². The van der Waals surface area contributed by atoms with Gasteiger partial charge >= 0.3 is 0 Å². The molecule has 220 valence electrons. The van der Waals surface area contributed by atoms with Gasteiger partial charge in [-0.05, 0) is 41.5 Å². The highest BCUT2D eigenvalue weighted by Gasteiger charge is 2.46. The van der Waals surface area contributed by atoms with E-state index in [-0.39, 0.29) is 11.3 Å². The summed E-state index contributed by atoms with van der Waals surface area (Å²) in [7, 11) is 1.54. The summed E-state index contributed by atoms with van der Waals surface area (Å²) >= 11 is 0. The van der Waals surface area contributed by atoms with Crippen molar-refractivity contribution in [2.45, 2.75) is 25.6 Å². The van der Waals surface area contributed by atoms with E-state index in [1.165, 1.54) is 12.0 Å². The van der Waals surface area contributed by atoms with Crippen LogP contribution in [0.5, 0.6) is 23.0 Å². The number of aromatic amines is 1. The van der Waals surface area contributed by atoms with Crippen LogP contribution in [-0.2, 0) is 22.7 Å². The molecule has 0 radical (unpaired) electrons. The summed E-state index contributed by atoms with van der Waals surface area (Å²) < 4.78 is 25.0. The molecule has 4 aromatic rings. The van der Waals surface area contributed by atoms with Crippen LogP contribution >= 0.6 is 0 Å². The molecule has 2 aliphatic heterocycles. The van der Waals surface area contributed by atoms with Crippen LogP contribution in [0, 0.1) is 0 Å². The van der Waals surface area contributed by atoms with E-state index in [4.69, 9.17) is 18.9 Å². The molecule has 2 N–H and O–H groups in total. The third-order valence-electron chi connectivity index (χ3n) is 7.51. The van der Waals surface area contributed by atoms with Crippen LogP contribution in [0.25, 0.3) is 5.76 Å². The van der Waals surface area contributed by atoms with E-state index in [0.29, 0.717) is 73.5 Å². The standard InChI is InChI=1S/C33H31N3O7/c1-40-27-18-23(8-10-25(27)43-20-22-6-3-2-4-7-22)30-29(31(37)24-9-11-26-28(19-24)42-17-16-41-26)32(38)33(39)36(30)14-5-13-35-15-12-34-21-35/h2-4,6-12,15,18-19,21,30H,5,13-14,16-17,20H2,1H3,(H,37,38)/p+1. The second-order valence-corrected chi connectivity index (χ2v) is 10.2. The molecule has 10 heteroatoms. The van der Waals surface area contributed by atoms with Gasteiger partial charge in [0.05, 0.1) is 25.3 Å². The number of aromatic nitrogens is 2. The molecule has 43 heavy (non-hydrogen) atoms. The predicted molar refractivity (Wildman–Crippen MR) is 156 cm³/mol. The first-order valence-corrected chi connectivity index (χ1v) is 14.1. The van der Waals surface area contributed by atoms with Crippen molar-refractivity contribution < 1.29 is 38.2 Å². The van der Waals surface area contributed by atoms with E-state index in [9.17, 15) is 14.7 Å². The minimum atomic E-state index is -0.846. The Balaban J connectivity index is 1.36. The number of benzene rings is 3. The molecule has 1 atom stereocenters. The Kier molecular flexibility index (Phi) is 7.99. The van der Waals surface area contributed by atoms with Crippen molar-refractivity contribution >= 4 is 17.4 Å². The first kappa shape index (κ1) is 27.9. The Morgan fingerprint density at radius 1 is 1.02 bits per heavy atom. The summed E-state index contributed by atoms with van der Waals surface area (Å²) in [4.78, 5) is 31.5. The number of Topliss-reactive ketones (excluding diaryl/α,β-unsaturated/α-hetero) is 1. The van der Waals surface area contributed by atoms with Gasteiger partial charge in [-0.25, -0.2) is 4.57 Å². The Hall–Kier alpha value is -5.25. The summed E-state index contributed by atoms with van der Waals surface area (Å²) in [5.74, 6) is 0.265. The number of carbonyl (C=O) groups excluding carboxylic acids is 2. The molecular formula is C33H32N3O7+. The maximum atomic E-state index is 13.5. The van der Waals surface area contributed by atoms with Crippen LogP contribution in [-0.4, -0.2) is 53.5 Å². The van der Waals surface area contributed by atoms with E-state index < -0.39 is 17.7 Å². The number of aliphatic hydroxyl groups excluding tert-OH is 1. The van der Waals surface area contributed by atoms with Gasteiger partial charge < -0.3 is 29.0 Å². The molecule has 3 aromatic carbocycles. The van der Waals surface area contributed by atoms with Gasteiger partial charge in [-0.15, -0.1) is 0 Å². The number of methoxy groups -OCH3 is 1. The topological polar surface area (TPSA) is 114 Å². The van der Waals surface area contributed by atoms with Crippen LogP contribution in [0.2, 0.25) is 0 Å². The van der Waals surface area contributed by atoms with Crippen molar-refractivity contribution in [2.24, 2.45) is 0 Å². The number of hydrogen-bond donors (Lipinski definition) is 2. The number of aryl methyl sites for hydroxylation is 1. The molecule has 0 spiro atoms. The predicted octanol–water partition coefficient (Wildman–Crippen LogP) is 4.17. The first-order chi connectivity index (χ1) is 21.0. The molecular weight excluding hydrogens is 550 g/mol. The van der Waals surface area contributed by atoms with Crippen molar-refractivity contribution in [3.8, 4) is 23.0 Å². The lowest BCUT2D eigenvalue weighted by Crippen LogP contribution is -2.36. The number of likely N-dealkylation sites (tertiary alicyclic amines) is 1. The molecule has 0 aliphatic carbocycles. The van der Waals surface area contributed by atoms with Crippen molar-refractivity contribution in [2.75, 3.05) is 26.9 Å². The molecule has 1 fully saturated rings. The Labute approximate surface area is 248 Å². The summed E-state index contributed by atoms with van der Waals surface area (Å²) in [6.45, 7) is 2.07. The molecule has 0 saturated carbocycles. The number of nitrogens with zero attached hydrogens (tertiary/aromatic N) is 2. The Morgan fingerprint density at radius 2 is 1.84 bits per heavy atom. The van der Waals surface area contributed by atoms with Crippen molar-refractivity contribution in [3.05, 3.63) is 108 Å². The lowest BCUT2D eigenvalue weighted by molar-refractivity contribution is -0.695. The number of amides is 1. The fourth-order valence-corrected chi connectivity index (χ4v) is 5.40. The lowest BCUT2D eigenvalue weighted by atomic mass is 9.94. The second kappa shape index (κ2) is 12.3.